The zero-order valence-corrected chi connectivity index (χ0v) is 16.3. The van der Waals surface area contributed by atoms with Crippen molar-refractivity contribution >= 4 is 23.2 Å². The first-order chi connectivity index (χ1) is 13.5. The maximum absolute atomic E-state index is 12.8. The van der Waals surface area contributed by atoms with Gasteiger partial charge in [-0.2, -0.15) is 0 Å². The Morgan fingerprint density at radius 2 is 1.46 bits per heavy atom. The molecule has 2 amide bonds. The van der Waals surface area contributed by atoms with Gasteiger partial charge < -0.3 is 10.2 Å². The number of anilines is 2. The predicted molar refractivity (Wildman–Crippen MR) is 114 cm³/mol. The lowest BCUT2D eigenvalue weighted by Crippen LogP contribution is -2.26. The number of rotatable bonds is 5. The Hall–Kier alpha value is -3.40. The number of para-hydroxylation sites is 1. The highest BCUT2D eigenvalue weighted by molar-refractivity contribution is 6.09. The van der Waals surface area contributed by atoms with Crippen LogP contribution in [0, 0.1) is 0 Å². The summed E-state index contributed by atoms with van der Waals surface area (Å²) in [6.07, 6.45) is 0. The molecule has 0 atom stereocenters. The van der Waals surface area contributed by atoms with Gasteiger partial charge in [0.1, 0.15) is 0 Å². The molecule has 0 aliphatic carbocycles. The van der Waals surface area contributed by atoms with Gasteiger partial charge in [0, 0.05) is 29.5 Å². The molecule has 3 rings (SSSR count). The summed E-state index contributed by atoms with van der Waals surface area (Å²) >= 11 is 0. The summed E-state index contributed by atoms with van der Waals surface area (Å²) < 4.78 is 0. The van der Waals surface area contributed by atoms with Crippen LogP contribution in [-0.4, -0.2) is 18.9 Å². The number of nitrogens with zero attached hydrogens (tertiary/aromatic N) is 1. The van der Waals surface area contributed by atoms with Crippen LogP contribution < -0.4 is 10.2 Å². The van der Waals surface area contributed by atoms with Gasteiger partial charge in [-0.1, -0.05) is 50.2 Å². The van der Waals surface area contributed by atoms with Crippen molar-refractivity contribution in [2.45, 2.75) is 19.8 Å². The second-order valence-corrected chi connectivity index (χ2v) is 7.01. The van der Waals surface area contributed by atoms with E-state index in [4.69, 9.17) is 0 Å². The standard InChI is InChI=1S/C24H24N2O2/c1-17(2)18-12-14-21(15-13-18)25-23(27)19-8-7-9-20(16-19)24(28)26(3)22-10-5-4-6-11-22/h4-17H,1-3H3,(H,25,27). The fourth-order valence-corrected chi connectivity index (χ4v) is 2.91. The lowest BCUT2D eigenvalue weighted by atomic mass is 10.0. The smallest absolute Gasteiger partial charge is 0.258 e. The number of benzene rings is 3. The Morgan fingerprint density at radius 1 is 0.821 bits per heavy atom. The van der Waals surface area contributed by atoms with Crippen LogP contribution in [0.25, 0.3) is 0 Å². The molecular formula is C24H24N2O2. The summed E-state index contributed by atoms with van der Waals surface area (Å²) in [6.45, 7) is 4.26. The summed E-state index contributed by atoms with van der Waals surface area (Å²) in [5.41, 5.74) is 3.66. The number of hydrogen-bond acceptors (Lipinski definition) is 2. The molecule has 3 aromatic carbocycles. The topological polar surface area (TPSA) is 49.4 Å². The predicted octanol–water partition coefficient (Wildman–Crippen LogP) is 5.34. The van der Waals surface area contributed by atoms with Gasteiger partial charge >= 0.3 is 0 Å². The van der Waals surface area contributed by atoms with Gasteiger partial charge in [0.05, 0.1) is 0 Å². The number of carbonyl (C=O) groups is 2. The van der Waals surface area contributed by atoms with Gasteiger partial charge in [-0.05, 0) is 53.9 Å². The van der Waals surface area contributed by atoms with Crippen molar-refractivity contribution in [1.29, 1.82) is 0 Å². The third-order valence-corrected chi connectivity index (χ3v) is 4.66. The van der Waals surface area contributed by atoms with Crippen LogP contribution in [0.1, 0.15) is 46.0 Å². The van der Waals surface area contributed by atoms with Gasteiger partial charge in [0.2, 0.25) is 0 Å². The minimum absolute atomic E-state index is 0.165. The Kier molecular flexibility index (Phi) is 5.90. The molecule has 0 unspecified atom stereocenters. The monoisotopic (exact) mass is 372 g/mol. The van der Waals surface area contributed by atoms with Gasteiger partial charge in [-0.3, -0.25) is 9.59 Å². The molecule has 0 radical (unpaired) electrons. The highest BCUT2D eigenvalue weighted by Gasteiger charge is 2.15. The lowest BCUT2D eigenvalue weighted by Gasteiger charge is -2.17. The summed E-state index contributed by atoms with van der Waals surface area (Å²) in [5.74, 6) is 0.0329. The molecule has 0 saturated heterocycles. The molecule has 0 aromatic heterocycles. The molecule has 3 aromatic rings. The maximum Gasteiger partial charge on any atom is 0.258 e. The molecule has 0 aliphatic rings. The second kappa shape index (κ2) is 8.53. The molecule has 1 N–H and O–H groups in total. The lowest BCUT2D eigenvalue weighted by molar-refractivity contribution is 0.0993. The number of amides is 2. The number of carbonyl (C=O) groups excluding carboxylic acids is 2. The van der Waals surface area contributed by atoms with E-state index in [0.29, 0.717) is 17.0 Å². The van der Waals surface area contributed by atoms with Crippen molar-refractivity contribution in [3.63, 3.8) is 0 Å². The zero-order valence-electron chi connectivity index (χ0n) is 16.3. The normalized spacial score (nSPS) is 10.6. The molecular weight excluding hydrogens is 348 g/mol. The third-order valence-electron chi connectivity index (χ3n) is 4.66. The Bertz CT molecular complexity index is 963. The number of hydrogen-bond donors (Lipinski definition) is 1. The summed E-state index contributed by atoms with van der Waals surface area (Å²) in [6, 6.07) is 24.0. The van der Waals surface area contributed by atoms with Crippen molar-refractivity contribution in [1.82, 2.24) is 0 Å². The van der Waals surface area contributed by atoms with E-state index < -0.39 is 0 Å². The van der Waals surface area contributed by atoms with Crippen molar-refractivity contribution in [3.05, 3.63) is 95.6 Å². The van der Waals surface area contributed by atoms with Crippen molar-refractivity contribution in [3.8, 4) is 0 Å². The zero-order chi connectivity index (χ0) is 20.1. The van der Waals surface area contributed by atoms with E-state index in [1.54, 1.807) is 36.2 Å². The quantitative estimate of drug-likeness (QED) is 0.657. The molecule has 0 spiro atoms. The summed E-state index contributed by atoms with van der Waals surface area (Å²) in [7, 11) is 1.72. The van der Waals surface area contributed by atoms with Crippen LogP contribution in [0.2, 0.25) is 0 Å². The van der Waals surface area contributed by atoms with Gasteiger partial charge in [-0.15, -0.1) is 0 Å². The molecule has 0 fully saturated rings. The van der Waals surface area contributed by atoms with E-state index in [9.17, 15) is 9.59 Å². The van der Waals surface area contributed by atoms with E-state index >= 15 is 0 Å². The first-order valence-electron chi connectivity index (χ1n) is 9.30. The molecule has 0 aliphatic heterocycles. The minimum atomic E-state index is -0.241. The highest BCUT2D eigenvalue weighted by Crippen LogP contribution is 2.19. The van der Waals surface area contributed by atoms with E-state index in [1.165, 1.54) is 5.56 Å². The Morgan fingerprint density at radius 3 is 2.11 bits per heavy atom. The summed E-state index contributed by atoms with van der Waals surface area (Å²) in [4.78, 5) is 27.0. The molecule has 0 saturated carbocycles. The van der Waals surface area contributed by atoms with Crippen LogP contribution in [-0.2, 0) is 0 Å². The minimum Gasteiger partial charge on any atom is -0.322 e. The van der Waals surface area contributed by atoms with Crippen molar-refractivity contribution < 1.29 is 9.59 Å². The van der Waals surface area contributed by atoms with Gasteiger partial charge in [0.15, 0.2) is 0 Å². The first kappa shape index (κ1) is 19.4. The fourth-order valence-electron chi connectivity index (χ4n) is 2.91. The van der Waals surface area contributed by atoms with Crippen LogP contribution in [0.4, 0.5) is 11.4 Å². The molecule has 4 nitrogen and oxygen atoms in total. The van der Waals surface area contributed by atoms with E-state index in [1.807, 2.05) is 54.6 Å². The van der Waals surface area contributed by atoms with Crippen LogP contribution in [0.15, 0.2) is 78.9 Å². The van der Waals surface area contributed by atoms with Gasteiger partial charge in [-0.25, -0.2) is 0 Å². The van der Waals surface area contributed by atoms with Crippen molar-refractivity contribution in [2.75, 3.05) is 17.3 Å². The van der Waals surface area contributed by atoms with Crippen LogP contribution in [0.5, 0.6) is 0 Å². The van der Waals surface area contributed by atoms with Crippen LogP contribution >= 0.6 is 0 Å². The maximum atomic E-state index is 12.8. The molecule has 4 heteroatoms. The van der Waals surface area contributed by atoms with Gasteiger partial charge in [0.25, 0.3) is 11.8 Å². The second-order valence-electron chi connectivity index (χ2n) is 7.01. The SMILES string of the molecule is CC(C)c1ccc(NC(=O)c2cccc(C(=O)N(C)c3ccccc3)c2)cc1. The average molecular weight is 372 g/mol. The van der Waals surface area contributed by atoms with Crippen molar-refractivity contribution in [2.24, 2.45) is 0 Å². The molecule has 28 heavy (non-hydrogen) atoms. The first-order valence-corrected chi connectivity index (χ1v) is 9.30. The molecule has 0 heterocycles. The van der Waals surface area contributed by atoms with E-state index in [2.05, 4.69) is 19.2 Å². The molecule has 142 valence electrons. The highest BCUT2D eigenvalue weighted by atomic mass is 16.2. The Labute approximate surface area is 165 Å². The molecule has 0 bridgehead atoms. The largest absolute Gasteiger partial charge is 0.322 e. The number of nitrogens with one attached hydrogen (secondary N) is 1. The average Bonchev–Trinajstić information content (AvgIpc) is 2.73. The summed E-state index contributed by atoms with van der Waals surface area (Å²) in [5, 5.41) is 2.89. The van der Waals surface area contributed by atoms with E-state index in [0.717, 1.165) is 11.4 Å². The van der Waals surface area contributed by atoms with Crippen LogP contribution in [0.3, 0.4) is 0 Å². The van der Waals surface area contributed by atoms with E-state index in [-0.39, 0.29) is 11.8 Å². The Balaban J connectivity index is 1.75. The third kappa shape index (κ3) is 4.46. The fraction of sp³-hybridized carbons (Fsp3) is 0.167.